The van der Waals surface area contributed by atoms with Gasteiger partial charge in [0, 0.05) is 18.1 Å². The fourth-order valence-corrected chi connectivity index (χ4v) is 2.75. The third-order valence-electron chi connectivity index (χ3n) is 4.32. The van der Waals surface area contributed by atoms with Crippen molar-refractivity contribution in [1.82, 2.24) is 0 Å². The van der Waals surface area contributed by atoms with E-state index in [1.54, 1.807) is 0 Å². The molecule has 138 valence electrons. The summed E-state index contributed by atoms with van der Waals surface area (Å²) in [6, 6.07) is 9.41. The fraction of sp³-hybridized carbons (Fsp3) is 0.318. The summed E-state index contributed by atoms with van der Waals surface area (Å²) < 4.78 is 5.22. The van der Waals surface area contributed by atoms with Crippen LogP contribution in [0.4, 0.5) is 0 Å². The van der Waals surface area contributed by atoms with E-state index in [9.17, 15) is 15.0 Å². The van der Waals surface area contributed by atoms with Crippen LogP contribution in [-0.4, -0.2) is 23.1 Å². The molecule has 0 unspecified atom stereocenters. The molecule has 0 bridgehead atoms. The summed E-state index contributed by atoms with van der Waals surface area (Å²) >= 11 is 0. The second-order valence-electron chi connectivity index (χ2n) is 6.69. The Balaban J connectivity index is 2.30. The molecule has 0 heterocycles. The van der Waals surface area contributed by atoms with E-state index >= 15 is 0 Å². The molecule has 0 spiro atoms. The van der Waals surface area contributed by atoms with Gasteiger partial charge in [0.15, 0.2) is 5.78 Å². The maximum Gasteiger partial charge on any atom is 0.170 e. The summed E-state index contributed by atoms with van der Waals surface area (Å²) in [5.41, 5.74) is 3.76. The molecular formula is C22H26O4. The smallest absolute Gasteiger partial charge is 0.170 e. The molecule has 2 aromatic rings. The first kappa shape index (κ1) is 19.6. The molecule has 2 aromatic carbocycles. The zero-order valence-corrected chi connectivity index (χ0v) is 15.8. The van der Waals surface area contributed by atoms with Gasteiger partial charge in [-0.1, -0.05) is 41.5 Å². The van der Waals surface area contributed by atoms with Crippen molar-refractivity contribution < 1.29 is 19.7 Å². The highest BCUT2D eigenvalue weighted by atomic mass is 16.5. The van der Waals surface area contributed by atoms with Crippen LogP contribution in [0.2, 0.25) is 0 Å². The first-order valence-electron chi connectivity index (χ1n) is 8.67. The minimum absolute atomic E-state index is 0.0769. The van der Waals surface area contributed by atoms with Gasteiger partial charge >= 0.3 is 0 Å². The Morgan fingerprint density at radius 3 is 2.38 bits per heavy atom. The maximum atomic E-state index is 12.8. The van der Waals surface area contributed by atoms with Crippen molar-refractivity contribution >= 4 is 5.78 Å². The van der Waals surface area contributed by atoms with Gasteiger partial charge in [0.05, 0.1) is 7.11 Å². The van der Waals surface area contributed by atoms with E-state index in [0.29, 0.717) is 18.4 Å². The Bertz CT molecular complexity index is 813. The zero-order chi connectivity index (χ0) is 19.3. The minimum Gasteiger partial charge on any atom is -0.507 e. The molecule has 2 rings (SSSR count). The van der Waals surface area contributed by atoms with Crippen LogP contribution >= 0.6 is 0 Å². The molecule has 2 N–H and O–H groups in total. The van der Waals surface area contributed by atoms with Gasteiger partial charge in [0.2, 0.25) is 0 Å². The lowest BCUT2D eigenvalue weighted by Gasteiger charge is -2.14. The predicted octanol–water partition coefficient (Wildman–Crippen LogP) is 4.74. The van der Waals surface area contributed by atoms with E-state index in [1.807, 2.05) is 51.1 Å². The van der Waals surface area contributed by atoms with Crippen molar-refractivity contribution in [2.24, 2.45) is 0 Å². The number of ether oxygens (including phenoxy) is 1. The van der Waals surface area contributed by atoms with Crippen molar-refractivity contribution in [2.75, 3.05) is 7.11 Å². The number of methoxy groups -OCH3 is 1. The second-order valence-corrected chi connectivity index (χ2v) is 6.69. The van der Waals surface area contributed by atoms with Crippen molar-refractivity contribution in [3.05, 3.63) is 64.2 Å². The van der Waals surface area contributed by atoms with E-state index in [2.05, 4.69) is 0 Å². The molecule has 0 amide bonds. The Morgan fingerprint density at radius 1 is 1.15 bits per heavy atom. The second kappa shape index (κ2) is 8.56. The maximum absolute atomic E-state index is 12.8. The van der Waals surface area contributed by atoms with Crippen LogP contribution in [-0.2, 0) is 12.8 Å². The molecule has 0 aliphatic heterocycles. The van der Waals surface area contributed by atoms with E-state index < -0.39 is 0 Å². The average molecular weight is 354 g/mol. The zero-order valence-electron chi connectivity index (χ0n) is 15.8. The summed E-state index contributed by atoms with van der Waals surface area (Å²) in [6.07, 6.45) is 3.07. The highest BCUT2D eigenvalue weighted by Gasteiger charge is 2.23. The number of hydrogen-bond donors (Lipinski definition) is 2. The Morgan fingerprint density at radius 2 is 1.81 bits per heavy atom. The number of aryl methyl sites for hydroxylation is 2. The van der Waals surface area contributed by atoms with Crippen LogP contribution < -0.4 is 4.74 Å². The minimum atomic E-state index is -0.210. The highest BCUT2D eigenvalue weighted by Crippen LogP contribution is 2.39. The van der Waals surface area contributed by atoms with Crippen molar-refractivity contribution in [2.45, 2.75) is 40.0 Å². The van der Waals surface area contributed by atoms with E-state index in [1.165, 1.54) is 18.7 Å². The number of rotatable bonds is 7. The number of ketones is 1. The number of Topliss-reactive ketones (excluding diaryl/α,β-unsaturated/α-hetero) is 1. The van der Waals surface area contributed by atoms with Crippen molar-refractivity contribution in [3.63, 3.8) is 0 Å². The van der Waals surface area contributed by atoms with Gasteiger partial charge in [0.25, 0.3) is 0 Å². The molecule has 0 atom stereocenters. The number of allylic oxidation sites excluding steroid dienone is 2. The van der Waals surface area contributed by atoms with Crippen LogP contribution in [0.15, 0.2) is 42.0 Å². The molecule has 26 heavy (non-hydrogen) atoms. The Hall–Kier alpha value is -2.75. The number of phenols is 2. The van der Waals surface area contributed by atoms with Gasteiger partial charge in [-0.05, 0) is 39.2 Å². The summed E-state index contributed by atoms with van der Waals surface area (Å²) in [5.74, 6) is -0.298. The molecule has 4 heteroatoms. The number of carbonyl (C=O) groups is 1. The normalized spacial score (nSPS) is 10.5. The average Bonchev–Trinajstić information content (AvgIpc) is 2.60. The third kappa shape index (κ3) is 4.66. The molecule has 0 aromatic heterocycles. The summed E-state index contributed by atoms with van der Waals surface area (Å²) in [5, 5.41) is 20.8. The van der Waals surface area contributed by atoms with Gasteiger partial charge in [0.1, 0.15) is 22.8 Å². The van der Waals surface area contributed by atoms with Gasteiger partial charge in [-0.25, -0.2) is 0 Å². The summed E-state index contributed by atoms with van der Waals surface area (Å²) in [6.45, 7) is 5.89. The van der Waals surface area contributed by atoms with Crippen LogP contribution in [0, 0.1) is 6.92 Å². The molecule has 0 radical (unpaired) electrons. The molecule has 4 nitrogen and oxygen atoms in total. The first-order valence-corrected chi connectivity index (χ1v) is 8.67. The predicted molar refractivity (Wildman–Crippen MR) is 103 cm³/mol. The SMILES string of the molecule is COc1cc(O)c(CC=C(C)C)c(O)c1C(=O)CCc1ccc(C)cc1. The molecule has 0 aliphatic rings. The molecule has 0 saturated heterocycles. The van der Waals surface area contributed by atoms with E-state index in [4.69, 9.17) is 4.74 Å². The number of hydrogen-bond acceptors (Lipinski definition) is 4. The van der Waals surface area contributed by atoms with E-state index in [0.717, 1.165) is 11.1 Å². The van der Waals surface area contributed by atoms with Crippen LogP contribution in [0.25, 0.3) is 0 Å². The lowest BCUT2D eigenvalue weighted by molar-refractivity contribution is 0.0977. The third-order valence-corrected chi connectivity index (χ3v) is 4.32. The van der Waals surface area contributed by atoms with Gasteiger partial charge in [-0.3, -0.25) is 4.79 Å². The van der Waals surface area contributed by atoms with Crippen LogP contribution in [0.5, 0.6) is 17.2 Å². The number of carbonyl (C=O) groups excluding carboxylic acids is 1. The lowest BCUT2D eigenvalue weighted by Crippen LogP contribution is -2.06. The highest BCUT2D eigenvalue weighted by molar-refractivity contribution is 6.02. The summed E-state index contributed by atoms with van der Waals surface area (Å²) in [7, 11) is 1.42. The van der Waals surface area contributed by atoms with Gasteiger partial charge in [-0.15, -0.1) is 0 Å². The van der Waals surface area contributed by atoms with Crippen LogP contribution in [0.1, 0.15) is 47.3 Å². The van der Waals surface area contributed by atoms with Crippen molar-refractivity contribution in [1.29, 1.82) is 0 Å². The Kier molecular flexibility index (Phi) is 6.45. The lowest BCUT2D eigenvalue weighted by atomic mass is 9.96. The number of aromatic hydroxyl groups is 2. The van der Waals surface area contributed by atoms with E-state index in [-0.39, 0.29) is 35.0 Å². The largest absolute Gasteiger partial charge is 0.507 e. The Labute approximate surface area is 154 Å². The summed E-state index contributed by atoms with van der Waals surface area (Å²) in [4.78, 5) is 12.8. The fourth-order valence-electron chi connectivity index (χ4n) is 2.75. The van der Waals surface area contributed by atoms with Crippen LogP contribution in [0.3, 0.4) is 0 Å². The standard InChI is InChI=1S/C22H26O4/c1-14(2)5-11-17-19(24)13-20(26-4)21(22(17)25)18(23)12-10-16-8-6-15(3)7-9-16/h5-9,13,24-25H,10-12H2,1-4H3. The molecular weight excluding hydrogens is 328 g/mol. The van der Waals surface area contributed by atoms with Crippen molar-refractivity contribution in [3.8, 4) is 17.2 Å². The van der Waals surface area contributed by atoms with Gasteiger partial charge in [-0.2, -0.15) is 0 Å². The molecule has 0 aliphatic carbocycles. The number of benzene rings is 2. The molecule has 0 fully saturated rings. The first-order chi connectivity index (χ1) is 12.3. The molecule has 0 saturated carbocycles. The quantitative estimate of drug-likeness (QED) is 0.557. The number of phenolic OH excluding ortho intramolecular Hbond substituents is 2. The van der Waals surface area contributed by atoms with Gasteiger partial charge < -0.3 is 14.9 Å². The topological polar surface area (TPSA) is 66.8 Å². The monoisotopic (exact) mass is 354 g/mol.